The molecule has 0 amide bonds. The van der Waals surface area contributed by atoms with Crippen molar-refractivity contribution < 1.29 is 0 Å². The van der Waals surface area contributed by atoms with Crippen LogP contribution in [0.4, 0.5) is 5.82 Å². The van der Waals surface area contributed by atoms with Gasteiger partial charge in [-0.1, -0.05) is 26.5 Å². The highest BCUT2D eigenvalue weighted by molar-refractivity contribution is 5.54. The van der Waals surface area contributed by atoms with Crippen LogP contribution in [0, 0.1) is 6.92 Å². The summed E-state index contributed by atoms with van der Waals surface area (Å²) in [6.45, 7) is 12.5. The van der Waals surface area contributed by atoms with E-state index in [1.165, 1.54) is 5.56 Å². The lowest BCUT2D eigenvalue weighted by Gasteiger charge is -2.24. The molecule has 0 atom stereocenters. The molecule has 0 radical (unpaired) electrons. The number of hydrogen-bond acceptors (Lipinski definition) is 2. The fourth-order valence-electron chi connectivity index (χ4n) is 1.90. The van der Waals surface area contributed by atoms with Crippen molar-refractivity contribution in [2.45, 2.75) is 33.6 Å². The van der Waals surface area contributed by atoms with E-state index < -0.39 is 0 Å². The van der Waals surface area contributed by atoms with Gasteiger partial charge in [-0.3, -0.25) is 0 Å². The highest BCUT2D eigenvalue weighted by atomic mass is 15.2. The molecular weight excluding hydrogens is 196 g/mol. The Morgan fingerprint density at radius 2 is 1.94 bits per heavy atom. The van der Waals surface area contributed by atoms with Crippen LogP contribution in [0.25, 0.3) is 6.08 Å². The minimum absolute atomic E-state index is 1.08. The summed E-state index contributed by atoms with van der Waals surface area (Å²) in [5.74, 6) is 1.12. The van der Waals surface area contributed by atoms with Gasteiger partial charge in [0.15, 0.2) is 0 Å². The average Bonchev–Trinajstić information content (AvgIpc) is 2.29. The smallest absolute Gasteiger partial charge is 0.131 e. The van der Waals surface area contributed by atoms with Gasteiger partial charge in [0.2, 0.25) is 0 Å². The second-order valence-electron chi connectivity index (χ2n) is 4.10. The van der Waals surface area contributed by atoms with Crippen molar-refractivity contribution >= 4 is 11.9 Å². The number of aryl methyl sites for hydroxylation is 1. The molecule has 0 saturated carbocycles. The average molecular weight is 218 g/mol. The van der Waals surface area contributed by atoms with E-state index >= 15 is 0 Å². The maximum absolute atomic E-state index is 4.54. The first-order valence-corrected chi connectivity index (χ1v) is 6.07. The zero-order valence-electron chi connectivity index (χ0n) is 10.7. The number of hydrogen-bond donors (Lipinski definition) is 0. The summed E-state index contributed by atoms with van der Waals surface area (Å²) in [6.07, 6.45) is 6.05. The second kappa shape index (κ2) is 6.31. The highest BCUT2D eigenvalue weighted by Crippen LogP contribution is 2.19. The molecule has 0 aliphatic rings. The molecule has 1 aromatic heterocycles. The van der Waals surface area contributed by atoms with E-state index in [0.717, 1.165) is 37.3 Å². The first kappa shape index (κ1) is 12.8. The highest BCUT2D eigenvalue weighted by Gasteiger charge is 2.08. The summed E-state index contributed by atoms with van der Waals surface area (Å²) in [5.41, 5.74) is 2.33. The molecule has 1 rings (SSSR count). The van der Waals surface area contributed by atoms with Crippen LogP contribution in [0.2, 0.25) is 0 Å². The molecule has 2 nitrogen and oxygen atoms in total. The largest absolute Gasteiger partial charge is 0.356 e. The number of nitrogens with zero attached hydrogens (tertiary/aromatic N) is 2. The van der Waals surface area contributed by atoms with Crippen molar-refractivity contribution in [2.24, 2.45) is 0 Å². The van der Waals surface area contributed by atoms with Crippen LogP contribution in [0.1, 0.15) is 37.8 Å². The fraction of sp³-hybridized carbons (Fsp3) is 0.500. The van der Waals surface area contributed by atoms with E-state index in [1.54, 1.807) is 0 Å². The molecule has 0 N–H and O–H groups in total. The third-order valence-electron chi connectivity index (χ3n) is 2.59. The summed E-state index contributed by atoms with van der Waals surface area (Å²) in [4.78, 5) is 6.90. The third kappa shape index (κ3) is 3.09. The Kier molecular flexibility index (Phi) is 5.03. The van der Waals surface area contributed by atoms with Crippen LogP contribution in [0.5, 0.6) is 0 Å². The van der Waals surface area contributed by atoms with Crippen molar-refractivity contribution in [1.29, 1.82) is 0 Å². The Morgan fingerprint density at radius 1 is 1.31 bits per heavy atom. The standard InChI is InChI=1S/C14H22N2/c1-5-8-16(9-6-2)14-12(4)10-13(7-3)11-15-14/h7,10-11H,3,5-6,8-9H2,1-2,4H3. The third-order valence-corrected chi connectivity index (χ3v) is 2.59. The second-order valence-corrected chi connectivity index (χ2v) is 4.10. The molecular formula is C14H22N2. The maximum Gasteiger partial charge on any atom is 0.131 e. The topological polar surface area (TPSA) is 16.1 Å². The van der Waals surface area contributed by atoms with Crippen LogP contribution in [-0.2, 0) is 0 Å². The van der Waals surface area contributed by atoms with E-state index in [9.17, 15) is 0 Å². The van der Waals surface area contributed by atoms with Gasteiger partial charge in [0.05, 0.1) is 0 Å². The number of anilines is 1. The normalized spacial score (nSPS) is 10.2. The quantitative estimate of drug-likeness (QED) is 0.724. The van der Waals surface area contributed by atoms with Gasteiger partial charge < -0.3 is 4.90 Å². The Hall–Kier alpha value is -1.31. The van der Waals surface area contributed by atoms with Gasteiger partial charge in [-0.25, -0.2) is 4.98 Å². The molecule has 0 aromatic carbocycles. The van der Waals surface area contributed by atoms with Gasteiger partial charge in [-0.2, -0.15) is 0 Å². The summed E-state index contributed by atoms with van der Waals surface area (Å²) in [7, 11) is 0. The maximum atomic E-state index is 4.54. The van der Waals surface area contributed by atoms with Crippen molar-refractivity contribution in [3.63, 3.8) is 0 Å². The SMILES string of the molecule is C=Cc1cnc(N(CCC)CCC)c(C)c1. The summed E-state index contributed by atoms with van der Waals surface area (Å²) in [5, 5.41) is 0. The number of pyridine rings is 1. The van der Waals surface area contributed by atoms with E-state index in [0.29, 0.717) is 0 Å². The molecule has 0 unspecified atom stereocenters. The predicted molar refractivity (Wildman–Crippen MR) is 71.9 cm³/mol. The molecule has 88 valence electrons. The molecule has 0 aliphatic heterocycles. The zero-order chi connectivity index (χ0) is 12.0. The minimum atomic E-state index is 1.08. The van der Waals surface area contributed by atoms with Gasteiger partial charge in [0, 0.05) is 19.3 Å². The zero-order valence-corrected chi connectivity index (χ0v) is 10.7. The molecule has 16 heavy (non-hydrogen) atoms. The van der Waals surface area contributed by atoms with Crippen molar-refractivity contribution in [1.82, 2.24) is 4.98 Å². The molecule has 1 aromatic rings. The molecule has 2 heteroatoms. The van der Waals surface area contributed by atoms with Gasteiger partial charge in [0.25, 0.3) is 0 Å². The monoisotopic (exact) mass is 218 g/mol. The number of aromatic nitrogens is 1. The van der Waals surface area contributed by atoms with Crippen LogP contribution in [-0.4, -0.2) is 18.1 Å². The molecule has 0 spiro atoms. The van der Waals surface area contributed by atoms with Crippen LogP contribution < -0.4 is 4.90 Å². The number of rotatable bonds is 6. The van der Waals surface area contributed by atoms with E-state index in [-0.39, 0.29) is 0 Å². The molecule has 0 bridgehead atoms. The van der Waals surface area contributed by atoms with Crippen molar-refractivity contribution in [3.05, 3.63) is 30.0 Å². The molecule has 0 aliphatic carbocycles. The van der Waals surface area contributed by atoms with Gasteiger partial charge >= 0.3 is 0 Å². The van der Waals surface area contributed by atoms with E-state index in [4.69, 9.17) is 0 Å². The Balaban J connectivity index is 2.94. The first-order valence-electron chi connectivity index (χ1n) is 6.07. The fourth-order valence-corrected chi connectivity index (χ4v) is 1.90. The Bertz CT molecular complexity index is 339. The van der Waals surface area contributed by atoms with Crippen LogP contribution in [0.3, 0.4) is 0 Å². The van der Waals surface area contributed by atoms with Gasteiger partial charge in [0.1, 0.15) is 5.82 Å². The van der Waals surface area contributed by atoms with Gasteiger partial charge in [-0.15, -0.1) is 0 Å². The van der Waals surface area contributed by atoms with E-state index in [2.05, 4.69) is 43.3 Å². The molecule has 1 heterocycles. The lowest BCUT2D eigenvalue weighted by molar-refractivity contribution is 0.731. The summed E-state index contributed by atoms with van der Waals surface area (Å²) >= 11 is 0. The lowest BCUT2D eigenvalue weighted by Crippen LogP contribution is -2.26. The summed E-state index contributed by atoms with van der Waals surface area (Å²) < 4.78 is 0. The van der Waals surface area contributed by atoms with Crippen molar-refractivity contribution in [2.75, 3.05) is 18.0 Å². The Morgan fingerprint density at radius 3 is 2.38 bits per heavy atom. The van der Waals surface area contributed by atoms with E-state index in [1.807, 2.05) is 12.3 Å². The van der Waals surface area contributed by atoms with Crippen LogP contribution in [0.15, 0.2) is 18.8 Å². The van der Waals surface area contributed by atoms with Crippen LogP contribution >= 0.6 is 0 Å². The van der Waals surface area contributed by atoms with Crippen molar-refractivity contribution in [3.8, 4) is 0 Å². The lowest BCUT2D eigenvalue weighted by atomic mass is 10.2. The predicted octanol–water partition coefficient (Wildman–Crippen LogP) is 3.66. The Labute approximate surface area is 99.0 Å². The summed E-state index contributed by atoms with van der Waals surface area (Å²) in [6, 6.07) is 2.15. The first-order chi connectivity index (χ1) is 7.72. The molecule has 0 saturated heterocycles. The molecule has 0 fully saturated rings. The van der Waals surface area contributed by atoms with Gasteiger partial charge in [-0.05, 0) is 37.0 Å². The minimum Gasteiger partial charge on any atom is -0.356 e.